The lowest BCUT2D eigenvalue weighted by Crippen LogP contribution is -2.25. The lowest BCUT2D eigenvalue weighted by molar-refractivity contribution is -0.135. The maximum Gasteiger partial charge on any atom is 0.336 e. The molecule has 3 aromatic rings. The van der Waals surface area contributed by atoms with Crippen LogP contribution in [0.2, 0.25) is 0 Å². The van der Waals surface area contributed by atoms with Gasteiger partial charge >= 0.3 is 11.6 Å². The normalized spacial score (nSPS) is 18.2. The second kappa shape index (κ2) is 5.84. The van der Waals surface area contributed by atoms with Crippen molar-refractivity contribution in [1.82, 2.24) is 0 Å². The molecule has 27 heavy (non-hydrogen) atoms. The smallest absolute Gasteiger partial charge is 0.336 e. The molecule has 2 aromatic carbocycles. The molecule has 1 unspecified atom stereocenters. The highest BCUT2D eigenvalue weighted by Crippen LogP contribution is 2.45. The molecule has 0 saturated heterocycles. The molecule has 0 radical (unpaired) electrons. The summed E-state index contributed by atoms with van der Waals surface area (Å²) in [7, 11) is 0. The first kappa shape index (κ1) is 15.9. The minimum Gasteiger partial charge on any atom is -0.489 e. The van der Waals surface area contributed by atoms with Gasteiger partial charge in [0.05, 0.1) is 6.42 Å². The molecule has 1 atom stereocenters. The van der Waals surface area contributed by atoms with E-state index in [4.69, 9.17) is 13.9 Å². The van der Waals surface area contributed by atoms with E-state index in [0.717, 1.165) is 33.4 Å². The van der Waals surface area contributed by atoms with Crippen LogP contribution >= 0.6 is 0 Å². The molecule has 5 nitrogen and oxygen atoms in total. The number of carbonyl (C=O) groups is 1. The van der Waals surface area contributed by atoms with Crippen molar-refractivity contribution in [1.29, 1.82) is 0 Å². The minimum absolute atomic E-state index is 0.182. The topological polar surface area (TPSA) is 65.7 Å². The van der Waals surface area contributed by atoms with Crippen LogP contribution in [0.4, 0.5) is 0 Å². The second-order valence-corrected chi connectivity index (χ2v) is 6.88. The summed E-state index contributed by atoms with van der Waals surface area (Å²) < 4.78 is 16.9. The molecule has 0 aliphatic carbocycles. The molecule has 5 heteroatoms. The highest BCUT2D eigenvalue weighted by molar-refractivity contribution is 5.90. The standard InChI is InChI=1S/C22H16O5/c1-12-8-19(23)27-22-15(12)6-7-18-21(22)16(10-20(24)26-18)14-9-13-4-2-3-5-17(13)25-11-14/h2-9,16H,10-11H2,1H3. The van der Waals surface area contributed by atoms with Gasteiger partial charge in [0.15, 0.2) is 0 Å². The molecule has 0 fully saturated rings. The number of carbonyl (C=O) groups excluding carboxylic acids is 1. The number of fused-ring (bicyclic) bond motifs is 4. The summed E-state index contributed by atoms with van der Waals surface area (Å²) in [6.07, 6.45) is 2.24. The van der Waals surface area contributed by atoms with Crippen LogP contribution in [-0.4, -0.2) is 12.6 Å². The van der Waals surface area contributed by atoms with Crippen molar-refractivity contribution in [3.8, 4) is 11.5 Å². The second-order valence-electron chi connectivity index (χ2n) is 6.88. The predicted octanol–water partition coefficient (Wildman–Crippen LogP) is 3.97. The average Bonchev–Trinajstić information content (AvgIpc) is 2.66. The Bertz CT molecular complexity index is 1190. The van der Waals surface area contributed by atoms with Gasteiger partial charge in [0.2, 0.25) is 0 Å². The average molecular weight is 360 g/mol. The zero-order valence-electron chi connectivity index (χ0n) is 14.7. The Morgan fingerprint density at radius 1 is 1.04 bits per heavy atom. The van der Waals surface area contributed by atoms with Gasteiger partial charge in [0, 0.05) is 28.5 Å². The number of para-hydroxylation sites is 1. The lowest BCUT2D eigenvalue weighted by atomic mass is 9.83. The van der Waals surface area contributed by atoms with Crippen LogP contribution in [0, 0.1) is 6.92 Å². The Morgan fingerprint density at radius 3 is 2.78 bits per heavy atom. The highest BCUT2D eigenvalue weighted by atomic mass is 16.5. The number of benzene rings is 2. The maximum absolute atomic E-state index is 12.2. The third-order valence-electron chi connectivity index (χ3n) is 5.16. The van der Waals surface area contributed by atoms with E-state index in [1.807, 2.05) is 37.3 Å². The van der Waals surface area contributed by atoms with Gasteiger partial charge in [-0.1, -0.05) is 18.2 Å². The molecular weight excluding hydrogens is 344 g/mol. The summed E-state index contributed by atoms with van der Waals surface area (Å²) in [5.74, 6) is 0.697. The van der Waals surface area contributed by atoms with Gasteiger partial charge < -0.3 is 13.9 Å². The number of aryl methyl sites for hydroxylation is 1. The summed E-state index contributed by atoms with van der Waals surface area (Å²) >= 11 is 0. The van der Waals surface area contributed by atoms with Crippen molar-refractivity contribution >= 4 is 23.0 Å². The largest absolute Gasteiger partial charge is 0.489 e. The molecule has 1 aromatic heterocycles. The SMILES string of the molecule is Cc1cc(=O)oc2c3c(ccc12)OC(=O)CC3C1=Cc2ccccc2OC1. The fourth-order valence-electron chi connectivity index (χ4n) is 3.89. The van der Waals surface area contributed by atoms with Gasteiger partial charge in [-0.3, -0.25) is 4.79 Å². The van der Waals surface area contributed by atoms with Gasteiger partial charge in [-0.25, -0.2) is 4.79 Å². The van der Waals surface area contributed by atoms with Gasteiger partial charge in [-0.15, -0.1) is 0 Å². The molecule has 0 N–H and O–H groups in total. The Labute approximate surface area is 154 Å². The van der Waals surface area contributed by atoms with E-state index in [9.17, 15) is 9.59 Å². The fourth-order valence-corrected chi connectivity index (χ4v) is 3.89. The van der Waals surface area contributed by atoms with Crippen LogP contribution in [-0.2, 0) is 4.79 Å². The molecule has 0 spiro atoms. The zero-order chi connectivity index (χ0) is 18.5. The highest BCUT2D eigenvalue weighted by Gasteiger charge is 2.34. The summed E-state index contributed by atoms with van der Waals surface area (Å²) in [6.45, 7) is 2.25. The monoisotopic (exact) mass is 360 g/mol. The predicted molar refractivity (Wildman–Crippen MR) is 100 cm³/mol. The molecule has 2 aliphatic rings. The van der Waals surface area contributed by atoms with E-state index in [2.05, 4.69) is 6.08 Å². The molecule has 134 valence electrons. The summed E-state index contributed by atoms with van der Waals surface area (Å²) in [4.78, 5) is 24.2. The number of hydrogen-bond acceptors (Lipinski definition) is 5. The van der Waals surface area contributed by atoms with Crippen LogP contribution in [0.25, 0.3) is 17.0 Å². The summed E-state index contributed by atoms with van der Waals surface area (Å²) in [5.41, 5.74) is 3.57. The third-order valence-corrected chi connectivity index (χ3v) is 5.16. The quantitative estimate of drug-likeness (QED) is 0.373. The minimum atomic E-state index is -0.414. The third kappa shape index (κ3) is 2.54. The Kier molecular flexibility index (Phi) is 3.44. The van der Waals surface area contributed by atoms with Crippen molar-refractivity contribution in [3.05, 3.63) is 75.1 Å². The zero-order valence-corrected chi connectivity index (χ0v) is 14.7. The van der Waals surface area contributed by atoms with Gasteiger partial charge in [0.25, 0.3) is 0 Å². The van der Waals surface area contributed by atoms with Crippen LogP contribution in [0.5, 0.6) is 11.5 Å². The van der Waals surface area contributed by atoms with Crippen molar-refractivity contribution in [3.63, 3.8) is 0 Å². The first-order valence-electron chi connectivity index (χ1n) is 8.80. The molecule has 0 saturated carbocycles. The Morgan fingerprint density at radius 2 is 1.89 bits per heavy atom. The van der Waals surface area contributed by atoms with Crippen LogP contribution in [0.15, 0.2) is 57.2 Å². The molecular formula is C22H16O5. The van der Waals surface area contributed by atoms with Crippen molar-refractivity contribution in [2.45, 2.75) is 19.3 Å². The van der Waals surface area contributed by atoms with E-state index in [-0.39, 0.29) is 18.3 Å². The van der Waals surface area contributed by atoms with E-state index in [0.29, 0.717) is 17.9 Å². The number of hydrogen-bond donors (Lipinski definition) is 0. The van der Waals surface area contributed by atoms with Gasteiger partial charge in [-0.2, -0.15) is 0 Å². The molecule has 5 rings (SSSR count). The lowest BCUT2D eigenvalue weighted by Gasteiger charge is -2.29. The summed E-state index contributed by atoms with van der Waals surface area (Å²) in [5, 5.41) is 0.842. The van der Waals surface area contributed by atoms with E-state index < -0.39 is 5.63 Å². The van der Waals surface area contributed by atoms with Gasteiger partial charge in [-0.05, 0) is 42.3 Å². The Hall–Kier alpha value is -3.34. The number of rotatable bonds is 1. The molecule has 3 heterocycles. The van der Waals surface area contributed by atoms with E-state index >= 15 is 0 Å². The van der Waals surface area contributed by atoms with Crippen LogP contribution in [0.3, 0.4) is 0 Å². The maximum atomic E-state index is 12.2. The number of esters is 1. The van der Waals surface area contributed by atoms with Crippen LogP contribution < -0.4 is 15.1 Å². The summed E-state index contributed by atoms with van der Waals surface area (Å²) in [6, 6.07) is 12.8. The van der Waals surface area contributed by atoms with Crippen LogP contribution in [0.1, 0.15) is 29.0 Å². The molecule has 0 bridgehead atoms. The van der Waals surface area contributed by atoms with Crippen molar-refractivity contribution in [2.75, 3.05) is 6.61 Å². The first-order chi connectivity index (χ1) is 13.1. The molecule has 2 aliphatic heterocycles. The molecule has 0 amide bonds. The fraction of sp³-hybridized carbons (Fsp3) is 0.182. The van der Waals surface area contributed by atoms with Crippen molar-refractivity contribution < 1.29 is 18.7 Å². The number of ether oxygens (including phenoxy) is 2. The van der Waals surface area contributed by atoms with Gasteiger partial charge in [0.1, 0.15) is 23.7 Å². The first-order valence-corrected chi connectivity index (χ1v) is 8.80. The van der Waals surface area contributed by atoms with E-state index in [1.54, 1.807) is 6.07 Å². The van der Waals surface area contributed by atoms with E-state index in [1.165, 1.54) is 6.07 Å². The van der Waals surface area contributed by atoms with Crippen molar-refractivity contribution in [2.24, 2.45) is 0 Å². The Balaban J connectivity index is 1.75.